The summed E-state index contributed by atoms with van der Waals surface area (Å²) in [7, 11) is 0. The molecule has 0 saturated carbocycles. The van der Waals surface area contributed by atoms with Gasteiger partial charge in [0.1, 0.15) is 0 Å². The van der Waals surface area contributed by atoms with E-state index in [2.05, 4.69) is 137 Å². The predicted octanol–water partition coefficient (Wildman–Crippen LogP) is 9.18. The molecule has 0 radical (unpaired) electrons. The van der Waals surface area contributed by atoms with Crippen LogP contribution in [0.4, 0.5) is 0 Å². The van der Waals surface area contributed by atoms with Gasteiger partial charge >= 0.3 is 211 Å². The van der Waals surface area contributed by atoms with E-state index in [-0.39, 0.29) is 16.2 Å². The van der Waals surface area contributed by atoms with E-state index in [1.807, 2.05) is 0 Å². The summed E-state index contributed by atoms with van der Waals surface area (Å²) in [6.45, 7) is 14.0. The summed E-state index contributed by atoms with van der Waals surface area (Å²) in [5, 5.41) is 0. The molecule has 0 heterocycles. The topological polar surface area (TPSA) is 48.8 Å². The van der Waals surface area contributed by atoms with Gasteiger partial charge in [-0.15, -0.1) is 0 Å². The molecule has 0 N–H and O–H groups in total. The molecule has 0 aliphatic rings. The Bertz CT molecular complexity index is 970. The molecule has 0 aliphatic carbocycles. The zero-order valence-electron chi connectivity index (χ0n) is 21.6. The van der Waals surface area contributed by atoms with Gasteiger partial charge in [0.15, 0.2) is 0 Å². The van der Waals surface area contributed by atoms with Gasteiger partial charge in [-0.3, -0.25) is 0 Å². The first-order chi connectivity index (χ1) is 16.0. The van der Waals surface area contributed by atoms with Crippen molar-refractivity contribution in [3.63, 3.8) is 0 Å². The maximum absolute atomic E-state index is 9.91. The molecule has 4 heteroatoms. The fourth-order valence-corrected chi connectivity index (χ4v) is 23.9. The van der Waals surface area contributed by atoms with Gasteiger partial charge in [0.05, 0.1) is 0 Å². The fourth-order valence-electron chi connectivity index (χ4n) is 5.83. The third-order valence-electron chi connectivity index (χ3n) is 7.24. The Morgan fingerprint density at radius 3 is 1.06 bits per heavy atom. The predicted molar refractivity (Wildman–Crippen MR) is 148 cm³/mol. The third-order valence-corrected chi connectivity index (χ3v) is 21.9. The van der Waals surface area contributed by atoms with Gasteiger partial charge in [-0.25, -0.2) is 0 Å². The monoisotopic (exact) mass is 561 g/mol. The Kier molecular flexibility index (Phi) is 8.21. The van der Waals surface area contributed by atoms with Gasteiger partial charge in [0.2, 0.25) is 0 Å². The van der Waals surface area contributed by atoms with E-state index in [0.717, 1.165) is 13.3 Å². The SMILES string of the molecule is CC(C)([CH2][Sn]([CH2]C(C)(C)c1ccccc1)([CH2]C(C)(C)c1ccccc1)[N]=[N+]=[N-])c1ccccc1. The summed E-state index contributed by atoms with van der Waals surface area (Å²) in [4.78, 5) is 3.56. The quantitative estimate of drug-likeness (QED) is 0.103. The van der Waals surface area contributed by atoms with Crippen LogP contribution in [0.15, 0.2) is 94.3 Å². The van der Waals surface area contributed by atoms with Crippen molar-refractivity contribution in [2.75, 3.05) is 0 Å². The van der Waals surface area contributed by atoms with Crippen molar-refractivity contribution in [2.24, 2.45) is 3.34 Å². The van der Waals surface area contributed by atoms with Crippen LogP contribution >= 0.6 is 0 Å². The van der Waals surface area contributed by atoms with E-state index in [1.165, 1.54) is 16.7 Å². The average molecular weight is 560 g/mol. The Balaban J connectivity index is 2.10. The Morgan fingerprint density at radius 1 is 0.559 bits per heavy atom. The minimum absolute atomic E-state index is 0.0644. The normalized spacial score (nSPS) is 12.8. The standard InChI is InChI=1S/3C10H13.N3.Sn/c3*1-10(2,3)9-7-5-4-6-8-9;1-3-2;/h3*4-8H,1H2,2-3H3;;/q;;;-1;+1. The van der Waals surface area contributed by atoms with Crippen LogP contribution < -0.4 is 0 Å². The van der Waals surface area contributed by atoms with Crippen molar-refractivity contribution in [2.45, 2.75) is 71.1 Å². The van der Waals surface area contributed by atoms with Crippen LogP contribution in [0.5, 0.6) is 0 Å². The Morgan fingerprint density at radius 2 is 0.824 bits per heavy atom. The van der Waals surface area contributed by atoms with Crippen LogP contribution in [0.2, 0.25) is 13.3 Å². The summed E-state index contributed by atoms with van der Waals surface area (Å²) < 4.78 is 7.80. The first-order valence-corrected chi connectivity index (χ1v) is 19.6. The van der Waals surface area contributed by atoms with Crippen LogP contribution in [0.3, 0.4) is 0 Å². The van der Waals surface area contributed by atoms with Crippen LogP contribution in [-0.4, -0.2) is 18.7 Å². The second-order valence-electron chi connectivity index (χ2n) is 11.7. The van der Waals surface area contributed by atoms with Crippen molar-refractivity contribution < 1.29 is 0 Å². The molecule has 0 amide bonds. The van der Waals surface area contributed by atoms with E-state index >= 15 is 0 Å². The number of nitrogens with zero attached hydrogens (tertiary/aromatic N) is 3. The van der Waals surface area contributed by atoms with Crippen molar-refractivity contribution in [1.82, 2.24) is 0 Å². The first kappa shape index (κ1) is 26.4. The van der Waals surface area contributed by atoms with E-state index < -0.39 is 18.7 Å². The first-order valence-electron chi connectivity index (χ1n) is 12.2. The molecule has 34 heavy (non-hydrogen) atoms. The van der Waals surface area contributed by atoms with Crippen LogP contribution in [0.25, 0.3) is 10.4 Å². The van der Waals surface area contributed by atoms with Crippen LogP contribution in [0, 0.1) is 0 Å². The molecule has 0 aromatic heterocycles. The number of hydrogen-bond donors (Lipinski definition) is 0. The van der Waals surface area contributed by atoms with Crippen LogP contribution in [0.1, 0.15) is 58.2 Å². The second-order valence-corrected chi connectivity index (χ2v) is 22.3. The number of hydrogen-bond acceptors (Lipinski definition) is 1. The molecular weight excluding hydrogens is 521 g/mol. The van der Waals surface area contributed by atoms with Gasteiger partial charge in [0, 0.05) is 0 Å². The van der Waals surface area contributed by atoms with Crippen molar-refractivity contribution in [1.29, 1.82) is 0 Å². The van der Waals surface area contributed by atoms with E-state index in [9.17, 15) is 5.53 Å². The van der Waals surface area contributed by atoms with E-state index in [1.54, 1.807) is 0 Å². The summed E-state index contributed by atoms with van der Waals surface area (Å²) in [5.74, 6) is 0. The molecule has 0 unspecified atom stereocenters. The maximum atomic E-state index is 9.91. The molecule has 0 aliphatic heterocycles. The molecule has 3 nitrogen and oxygen atoms in total. The number of benzene rings is 3. The van der Waals surface area contributed by atoms with Gasteiger partial charge in [-0.1, -0.05) is 0 Å². The second kappa shape index (κ2) is 10.6. The molecule has 0 bridgehead atoms. The van der Waals surface area contributed by atoms with Crippen molar-refractivity contribution in [3.05, 3.63) is 118 Å². The molecule has 3 aromatic rings. The third kappa shape index (κ3) is 6.46. The number of azide groups is 1. The minimum atomic E-state index is -3.55. The summed E-state index contributed by atoms with van der Waals surface area (Å²) in [6, 6.07) is 32.2. The van der Waals surface area contributed by atoms with Crippen molar-refractivity contribution >= 4 is 18.7 Å². The van der Waals surface area contributed by atoms with E-state index in [0.29, 0.717) is 0 Å². The van der Waals surface area contributed by atoms with Gasteiger partial charge in [0.25, 0.3) is 0 Å². The average Bonchev–Trinajstić information content (AvgIpc) is 2.80. The molecule has 3 aromatic carbocycles. The molecule has 0 atom stereocenters. The molecule has 0 fully saturated rings. The van der Waals surface area contributed by atoms with Gasteiger partial charge in [-0.05, 0) is 0 Å². The van der Waals surface area contributed by atoms with Gasteiger partial charge < -0.3 is 0 Å². The molecule has 0 spiro atoms. The Hall–Kier alpha value is -2.23. The summed E-state index contributed by atoms with van der Waals surface area (Å²) in [6.07, 6.45) is 0. The fraction of sp³-hybridized carbons (Fsp3) is 0.400. The zero-order chi connectivity index (χ0) is 24.9. The van der Waals surface area contributed by atoms with E-state index in [4.69, 9.17) is 3.34 Å². The van der Waals surface area contributed by atoms with Crippen LogP contribution in [-0.2, 0) is 16.2 Å². The number of rotatable bonds is 10. The van der Waals surface area contributed by atoms with Crippen molar-refractivity contribution in [3.8, 4) is 0 Å². The zero-order valence-corrected chi connectivity index (χ0v) is 24.5. The summed E-state index contributed by atoms with van der Waals surface area (Å²) in [5.41, 5.74) is 13.7. The molecular formula is C30H39N3Sn. The molecule has 0 saturated heterocycles. The molecule has 178 valence electrons. The Labute approximate surface area is 210 Å². The summed E-state index contributed by atoms with van der Waals surface area (Å²) >= 11 is -3.55. The van der Waals surface area contributed by atoms with Gasteiger partial charge in [-0.2, -0.15) is 0 Å². The molecule has 3 rings (SSSR count).